The number of nitrogens with one attached hydrogen (secondary N) is 1. The molecular formula is C8H6N2O2. The minimum atomic E-state index is -0.0994. The molecule has 0 amide bonds. The molecule has 0 unspecified atom stereocenters. The van der Waals surface area contributed by atoms with Gasteiger partial charge in [0, 0.05) is 24.5 Å². The lowest BCUT2D eigenvalue weighted by Crippen LogP contribution is -1.99. The van der Waals surface area contributed by atoms with Crippen LogP contribution >= 0.6 is 0 Å². The molecule has 0 radical (unpaired) electrons. The zero-order valence-electron chi connectivity index (χ0n) is 6.15. The van der Waals surface area contributed by atoms with Crippen molar-refractivity contribution in [3.05, 3.63) is 40.3 Å². The van der Waals surface area contributed by atoms with Gasteiger partial charge in [0.2, 0.25) is 0 Å². The summed E-state index contributed by atoms with van der Waals surface area (Å²) in [6.07, 6.45) is 3.86. The number of fused-ring (bicyclic) bond motifs is 1. The van der Waals surface area contributed by atoms with Crippen LogP contribution in [0.15, 0.2) is 29.3 Å². The van der Waals surface area contributed by atoms with Crippen LogP contribution < -0.4 is 5.43 Å². The monoisotopic (exact) mass is 162 g/mol. The van der Waals surface area contributed by atoms with Crippen molar-refractivity contribution in [1.29, 1.82) is 0 Å². The lowest BCUT2D eigenvalue weighted by atomic mass is 10.3. The highest BCUT2D eigenvalue weighted by Crippen LogP contribution is 2.03. The minimum absolute atomic E-state index is 0.0994. The Bertz CT molecular complexity index is 481. The molecule has 4 nitrogen and oxygen atoms in total. The van der Waals surface area contributed by atoms with E-state index in [1.54, 1.807) is 16.9 Å². The quantitative estimate of drug-likeness (QED) is 0.618. The van der Waals surface area contributed by atoms with Crippen LogP contribution in [0.1, 0.15) is 10.4 Å². The van der Waals surface area contributed by atoms with Crippen molar-refractivity contribution in [2.24, 2.45) is 0 Å². The highest BCUT2D eigenvalue weighted by molar-refractivity contribution is 5.85. The van der Waals surface area contributed by atoms with Crippen LogP contribution in [0.25, 0.3) is 5.52 Å². The fourth-order valence-corrected chi connectivity index (χ4v) is 1.12. The molecule has 12 heavy (non-hydrogen) atoms. The molecule has 0 aliphatic carbocycles. The van der Waals surface area contributed by atoms with E-state index in [0.29, 0.717) is 17.4 Å². The Hall–Kier alpha value is -1.84. The number of aromatic nitrogens is 2. The second kappa shape index (κ2) is 2.34. The maximum atomic E-state index is 10.9. The average molecular weight is 162 g/mol. The normalized spacial score (nSPS) is 10.3. The Morgan fingerprint density at radius 3 is 3.08 bits per heavy atom. The second-order valence-electron chi connectivity index (χ2n) is 2.46. The summed E-state index contributed by atoms with van der Waals surface area (Å²) in [6.45, 7) is 0. The maximum Gasteiger partial charge on any atom is 0.182 e. The highest BCUT2D eigenvalue weighted by Gasteiger charge is 2.00. The number of H-pyrrole nitrogens is 1. The molecule has 0 spiro atoms. The van der Waals surface area contributed by atoms with Gasteiger partial charge < -0.3 is 5.10 Å². The number of hydrogen-bond acceptors (Lipinski definition) is 2. The first-order valence-electron chi connectivity index (χ1n) is 3.46. The number of carbonyl (C=O) groups is 1. The summed E-state index contributed by atoms with van der Waals surface area (Å²) in [5.74, 6) is 0. The van der Waals surface area contributed by atoms with Gasteiger partial charge in [-0.2, -0.15) is 0 Å². The Balaban J connectivity index is 2.92. The molecule has 2 aromatic heterocycles. The summed E-state index contributed by atoms with van der Waals surface area (Å²) < 4.78 is 1.62. The summed E-state index contributed by atoms with van der Waals surface area (Å²) in [7, 11) is 0. The lowest BCUT2D eigenvalue weighted by Gasteiger charge is -1.90. The first-order chi connectivity index (χ1) is 5.81. The van der Waals surface area contributed by atoms with E-state index < -0.39 is 0 Å². The molecule has 0 aromatic carbocycles. The van der Waals surface area contributed by atoms with Crippen molar-refractivity contribution >= 4 is 11.8 Å². The van der Waals surface area contributed by atoms with Gasteiger partial charge in [-0.25, -0.2) is 0 Å². The molecule has 0 saturated carbocycles. The number of carbonyl (C=O) groups excluding carboxylic acids is 1. The number of aldehydes is 1. The van der Waals surface area contributed by atoms with Gasteiger partial charge in [0.1, 0.15) is 0 Å². The summed E-state index contributed by atoms with van der Waals surface area (Å²) in [5, 5.41) is 2.81. The van der Waals surface area contributed by atoms with Crippen LogP contribution in [0.3, 0.4) is 0 Å². The van der Waals surface area contributed by atoms with E-state index in [-0.39, 0.29) is 5.43 Å². The number of pyridine rings is 1. The van der Waals surface area contributed by atoms with Gasteiger partial charge in [-0.3, -0.25) is 14.1 Å². The van der Waals surface area contributed by atoms with Crippen LogP contribution in [0.4, 0.5) is 0 Å². The summed E-state index contributed by atoms with van der Waals surface area (Å²) >= 11 is 0. The smallest absolute Gasteiger partial charge is 0.182 e. The lowest BCUT2D eigenvalue weighted by molar-refractivity contribution is 0.112. The number of rotatable bonds is 1. The van der Waals surface area contributed by atoms with Crippen molar-refractivity contribution in [3.63, 3.8) is 0 Å². The molecule has 2 rings (SSSR count). The number of hydrogen-bond donors (Lipinski definition) is 1. The van der Waals surface area contributed by atoms with Crippen LogP contribution in [-0.4, -0.2) is 15.9 Å². The maximum absolute atomic E-state index is 10.9. The molecule has 0 aliphatic heterocycles. The third-order valence-corrected chi connectivity index (χ3v) is 1.71. The van der Waals surface area contributed by atoms with E-state index in [2.05, 4.69) is 5.10 Å². The Kier molecular flexibility index (Phi) is 1.33. The van der Waals surface area contributed by atoms with Crippen molar-refractivity contribution in [1.82, 2.24) is 9.61 Å². The SMILES string of the molecule is O=Cc1c[nH]n2ccc(=O)cc12. The van der Waals surface area contributed by atoms with E-state index in [9.17, 15) is 9.59 Å². The van der Waals surface area contributed by atoms with Crippen LogP contribution in [0.2, 0.25) is 0 Å². The minimum Gasteiger partial charge on any atom is -0.301 e. The van der Waals surface area contributed by atoms with Crippen molar-refractivity contribution in [2.75, 3.05) is 0 Å². The third kappa shape index (κ3) is 0.852. The van der Waals surface area contributed by atoms with Crippen molar-refractivity contribution < 1.29 is 4.79 Å². The largest absolute Gasteiger partial charge is 0.301 e. The summed E-state index contributed by atoms with van der Waals surface area (Å²) in [5.41, 5.74) is 1.00. The zero-order valence-corrected chi connectivity index (χ0v) is 6.15. The molecule has 60 valence electrons. The summed E-state index contributed by atoms with van der Waals surface area (Å²) in [4.78, 5) is 21.4. The first-order valence-corrected chi connectivity index (χ1v) is 3.46. The zero-order chi connectivity index (χ0) is 8.55. The van der Waals surface area contributed by atoms with Gasteiger partial charge >= 0.3 is 0 Å². The van der Waals surface area contributed by atoms with Crippen LogP contribution in [0, 0.1) is 0 Å². The molecule has 0 saturated heterocycles. The molecule has 2 heterocycles. The standard InChI is InChI=1S/C8H6N2O2/c11-5-6-4-9-10-2-1-7(12)3-8(6)10/h1-5,9H. The average Bonchev–Trinajstić information content (AvgIpc) is 2.46. The predicted octanol–water partition coefficient (Wildman–Crippen LogP) is 0.440. The van der Waals surface area contributed by atoms with E-state index in [4.69, 9.17) is 0 Å². The van der Waals surface area contributed by atoms with Gasteiger partial charge in [0.05, 0.1) is 11.1 Å². The van der Waals surface area contributed by atoms with Gasteiger partial charge in [-0.1, -0.05) is 0 Å². The number of aromatic amines is 1. The Labute approximate surface area is 67.4 Å². The van der Waals surface area contributed by atoms with E-state index >= 15 is 0 Å². The molecule has 0 atom stereocenters. The van der Waals surface area contributed by atoms with Crippen LogP contribution in [0.5, 0.6) is 0 Å². The molecule has 0 fully saturated rings. The molecule has 4 heteroatoms. The van der Waals surface area contributed by atoms with Gasteiger partial charge in [-0.05, 0) is 0 Å². The van der Waals surface area contributed by atoms with E-state index in [1.807, 2.05) is 0 Å². The van der Waals surface area contributed by atoms with Crippen molar-refractivity contribution in [2.45, 2.75) is 0 Å². The molecule has 2 aromatic rings. The second-order valence-corrected chi connectivity index (χ2v) is 2.46. The number of nitrogens with zero attached hydrogens (tertiary/aromatic N) is 1. The highest BCUT2D eigenvalue weighted by atomic mass is 16.1. The topological polar surface area (TPSA) is 54.3 Å². The van der Waals surface area contributed by atoms with Gasteiger partial charge in [0.25, 0.3) is 0 Å². The van der Waals surface area contributed by atoms with Gasteiger partial charge in [-0.15, -0.1) is 0 Å². The van der Waals surface area contributed by atoms with Gasteiger partial charge in [0.15, 0.2) is 11.7 Å². The third-order valence-electron chi connectivity index (χ3n) is 1.71. The molecular weight excluding hydrogens is 156 g/mol. The Morgan fingerprint density at radius 1 is 1.50 bits per heavy atom. The van der Waals surface area contributed by atoms with E-state index in [1.165, 1.54) is 12.1 Å². The molecule has 1 N–H and O–H groups in total. The fraction of sp³-hybridized carbons (Fsp3) is 0. The molecule has 0 aliphatic rings. The summed E-state index contributed by atoms with van der Waals surface area (Å²) in [6, 6.07) is 2.85. The molecule has 0 bridgehead atoms. The van der Waals surface area contributed by atoms with Crippen molar-refractivity contribution in [3.8, 4) is 0 Å². The van der Waals surface area contributed by atoms with Crippen LogP contribution in [-0.2, 0) is 0 Å². The first kappa shape index (κ1) is 6.84. The van der Waals surface area contributed by atoms with E-state index in [0.717, 1.165) is 0 Å². The fourth-order valence-electron chi connectivity index (χ4n) is 1.12. The predicted molar refractivity (Wildman–Crippen MR) is 43.4 cm³/mol. The Morgan fingerprint density at radius 2 is 2.33 bits per heavy atom.